The van der Waals surface area contributed by atoms with E-state index in [1.807, 2.05) is 68.1 Å². The standard InChI is InChI=1S/C39H34ClFN4O4S/c1-22-9-7-11-28(41)34(22)43-36(46)33-19-23-17-18-44(31-14-6-5-10-25(31)35(23)50-33)37(47)30-13-8-12-29(42-30)27-21-45(38(48)49-39(2,3)4)32-16-15-24(40)20-26(27)32/h5-16,19-21,37,47H,17-18H2,1-4H3,(H,43,46). The molecular formula is C39H34ClFN4O4S. The van der Waals surface area contributed by atoms with Crippen LogP contribution in [0.15, 0.2) is 91.1 Å². The second-order valence-corrected chi connectivity index (χ2v) is 14.7. The highest BCUT2D eigenvalue weighted by atomic mass is 35.5. The molecular weight excluding hydrogens is 675 g/mol. The van der Waals surface area contributed by atoms with E-state index in [0.717, 1.165) is 27.1 Å². The molecule has 3 aromatic carbocycles. The number of para-hydroxylation sites is 2. The first-order valence-electron chi connectivity index (χ1n) is 16.1. The fourth-order valence-electron chi connectivity index (χ4n) is 6.22. The summed E-state index contributed by atoms with van der Waals surface area (Å²) in [5, 5.41) is 15.9. The number of ether oxygens (including phenoxy) is 1. The monoisotopic (exact) mass is 708 g/mol. The van der Waals surface area contributed by atoms with E-state index in [4.69, 9.17) is 21.3 Å². The number of aliphatic hydroxyl groups excluding tert-OH is 1. The Labute approximate surface area is 297 Å². The van der Waals surface area contributed by atoms with Gasteiger partial charge in [0.25, 0.3) is 5.91 Å². The topological polar surface area (TPSA) is 96.7 Å². The molecule has 2 N–H and O–H groups in total. The minimum absolute atomic E-state index is 0.169. The third-order valence-electron chi connectivity index (χ3n) is 8.54. The highest BCUT2D eigenvalue weighted by molar-refractivity contribution is 7.17. The van der Waals surface area contributed by atoms with E-state index in [1.54, 1.807) is 49.5 Å². The number of aryl methyl sites for hydroxylation is 1. The number of aromatic nitrogens is 2. The number of anilines is 2. The van der Waals surface area contributed by atoms with E-state index in [-0.39, 0.29) is 11.6 Å². The molecule has 1 aliphatic heterocycles. The van der Waals surface area contributed by atoms with Gasteiger partial charge in [-0.25, -0.2) is 14.2 Å². The van der Waals surface area contributed by atoms with Crippen molar-refractivity contribution in [1.29, 1.82) is 0 Å². The molecule has 0 radical (unpaired) electrons. The number of benzene rings is 3. The minimum atomic E-state index is -1.11. The molecule has 0 spiro atoms. The highest BCUT2D eigenvalue weighted by Crippen LogP contribution is 2.44. The molecule has 3 aromatic heterocycles. The van der Waals surface area contributed by atoms with Crippen LogP contribution in [-0.4, -0.2) is 38.8 Å². The Hall–Kier alpha value is -5.03. The first kappa shape index (κ1) is 33.5. The summed E-state index contributed by atoms with van der Waals surface area (Å²) in [6.07, 6.45) is 0.600. The lowest BCUT2D eigenvalue weighted by atomic mass is 10.1. The highest BCUT2D eigenvalue weighted by Gasteiger charge is 2.29. The largest absolute Gasteiger partial charge is 0.443 e. The third-order valence-corrected chi connectivity index (χ3v) is 9.98. The lowest BCUT2D eigenvalue weighted by Crippen LogP contribution is -2.30. The third kappa shape index (κ3) is 6.37. The number of carbonyl (C=O) groups excluding carboxylic acids is 2. The van der Waals surface area contributed by atoms with Crippen LogP contribution in [0.3, 0.4) is 0 Å². The quantitative estimate of drug-likeness (QED) is 0.185. The zero-order valence-corrected chi connectivity index (χ0v) is 29.4. The normalized spacial score (nSPS) is 13.4. The molecule has 0 aliphatic carbocycles. The Morgan fingerprint density at radius 1 is 1.02 bits per heavy atom. The number of hydrogen-bond acceptors (Lipinski definition) is 7. The second kappa shape index (κ2) is 13.0. The molecule has 1 unspecified atom stereocenters. The summed E-state index contributed by atoms with van der Waals surface area (Å²) in [5.41, 5.74) is 5.00. The van der Waals surface area contributed by atoms with Crippen LogP contribution in [0, 0.1) is 12.7 Å². The van der Waals surface area contributed by atoms with Crippen molar-refractivity contribution in [3.05, 3.63) is 124 Å². The smallest absolute Gasteiger partial charge is 0.419 e. The van der Waals surface area contributed by atoms with Gasteiger partial charge in [-0.1, -0.05) is 48.0 Å². The summed E-state index contributed by atoms with van der Waals surface area (Å²) in [6.45, 7) is 7.62. The fraction of sp³-hybridized carbons (Fsp3) is 0.205. The van der Waals surface area contributed by atoms with Crippen LogP contribution in [0.25, 0.3) is 32.6 Å². The number of amides is 1. The van der Waals surface area contributed by atoms with Crippen molar-refractivity contribution in [2.75, 3.05) is 16.8 Å². The number of halogens is 2. The molecule has 4 heterocycles. The number of thiophene rings is 1. The maximum atomic E-state index is 14.5. The van der Waals surface area contributed by atoms with Crippen LogP contribution in [0.4, 0.5) is 20.6 Å². The summed E-state index contributed by atoms with van der Waals surface area (Å²) >= 11 is 7.74. The Morgan fingerprint density at radius 2 is 1.80 bits per heavy atom. The molecule has 0 fully saturated rings. The minimum Gasteiger partial charge on any atom is -0.443 e. The van der Waals surface area contributed by atoms with E-state index in [1.165, 1.54) is 22.0 Å². The Bertz CT molecular complexity index is 2270. The fourth-order valence-corrected chi connectivity index (χ4v) is 7.54. The molecule has 6 aromatic rings. The number of hydrogen-bond donors (Lipinski definition) is 2. The molecule has 7 rings (SSSR count). The van der Waals surface area contributed by atoms with Gasteiger partial charge in [0.2, 0.25) is 0 Å². The van der Waals surface area contributed by atoms with E-state index in [2.05, 4.69) is 5.32 Å². The number of rotatable bonds is 5. The Balaban J connectivity index is 1.21. The summed E-state index contributed by atoms with van der Waals surface area (Å²) < 4.78 is 21.6. The lowest BCUT2D eigenvalue weighted by molar-refractivity contribution is 0.0544. The number of aliphatic hydroxyl groups is 1. The predicted octanol–water partition coefficient (Wildman–Crippen LogP) is 9.62. The van der Waals surface area contributed by atoms with Gasteiger partial charge in [0.1, 0.15) is 11.4 Å². The van der Waals surface area contributed by atoms with E-state index < -0.39 is 23.7 Å². The van der Waals surface area contributed by atoms with Crippen molar-refractivity contribution >= 4 is 57.2 Å². The van der Waals surface area contributed by atoms with Crippen molar-refractivity contribution in [3.8, 4) is 21.7 Å². The van der Waals surface area contributed by atoms with Gasteiger partial charge >= 0.3 is 6.09 Å². The van der Waals surface area contributed by atoms with Gasteiger partial charge in [-0.2, -0.15) is 0 Å². The number of nitrogens with one attached hydrogen (secondary N) is 1. The van der Waals surface area contributed by atoms with Gasteiger partial charge in [0, 0.05) is 44.8 Å². The predicted molar refractivity (Wildman–Crippen MR) is 197 cm³/mol. The average molecular weight is 709 g/mol. The van der Waals surface area contributed by atoms with Crippen molar-refractivity contribution in [2.24, 2.45) is 0 Å². The molecule has 0 bridgehead atoms. The molecule has 1 amide bonds. The number of nitrogens with zero attached hydrogens (tertiary/aromatic N) is 3. The Kier molecular flexibility index (Phi) is 8.71. The summed E-state index contributed by atoms with van der Waals surface area (Å²) in [4.78, 5) is 34.6. The molecule has 8 nitrogen and oxygen atoms in total. The first-order valence-corrected chi connectivity index (χ1v) is 17.3. The summed E-state index contributed by atoms with van der Waals surface area (Å²) in [6, 6.07) is 25.0. The molecule has 254 valence electrons. The zero-order valence-electron chi connectivity index (χ0n) is 27.8. The second-order valence-electron chi connectivity index (χ2n) is 13.2. The van der Waals surface area contributed by atoms with Crippen LogP contribution in [0.1, 0.15) is 53.5 Å². The first-order chi connectivity index (χ1) is 23.9. The molecule has 0 saturated carbocycles. The van der Waals surface area contributed by atoms with Gasteiger partial charge in [-0.3, -0.25) is 9.36 Å². The van der Waals surface area contributed by atoms with Crippen molar-refractivity contribution in [1.82, 2.24) is 9.55 Å². The van der Waals surface area contributed by atoms with Gasteiger partial charge in [-0.15, -0.1) is 11.3 Å². The molecule has 11 heteroatoms. The van der Waals surface area contributed by atoms with E-state index in [9.17, 15) is 19.1 Å². The van der Waals surface area contributed by atoms with E-state index in [0.29, 0.717) is 50.9 Å². The zero-order chi connectivity index (χ0) is 35.3. The van der Waals surface area contributed by atoms with Crippen LogP contribution in [-0.2, 0) is 11.2 Å². The average Bonchev–Trinajstić information content (AvgIpc) is 3.64. The molecule has 1 aliphatic rings. The number of fused-ring (bicyclic) bond motifs is 4. The molecule has 0 saturated heterocycles. The van der Waals surface area contributed by atoms with Crippen LogP contribution in [0.5, 0.6) is 0 Å². The summed E-state index contributed by atoms with van der Waals surface area (Å²) in [7, 11) is 0. The van der Waals surface area contributed by atoms with E-state index >= 15 is 0 Å². The van der Waals surface area contributed by atoms with Gasteiger partial charge in [0.05, 0.1) is 27.5 Å². The SMILES string of the molecule is Cc1cccc(F)c1NC(=O)c1cc2c(s1)-c1ccccc1N(C(O)c1cccc(-c3cn(C(=O)OC(C)(C)C)c4ccc(Cl)cc34)n1)CC2. The number of carbonyl (C=O) groups is 2. The Morgan fingerprint density at radius 3 is 2.58 bits per heavy atom. The van der Waals surface area contributed by atoms with Crippen molar-refractivity contribution in [3.63, 3.8) is 0 Å². The van der Waals surface area contributed by atoms with Crippen molar-refractivity contribution in [2.45, 2.75) is 45.9 Å². The maximum absolute atomic E-state index is 14.5. The number of pyridine rings is 1. The van der Waals surface area contributed by atoms with Crippen LogP contribution < -0.4 is 10.2 Å². The van der Waals surface area contributed by atoms with Gasteiger partial charge in [-0.05, 0) is 93.8 Å². The van der Waals surface area contributed by atoms with Gasteiger partial charge in [0.15, 0.2) is 6.23 Å². The summed E-state index contributed by atoms with van der Waals surface area (Å²) in [5.74, 6) is -0.859. The van der Waals surface area contributed by atoms with Crippen LogP contribution in [0.2, 0.25) is 5.02 Å². The van der Waals surface area contributed by atoms with Crippen molar-refractivity contribution < 1.29 is 23.8 Å². The molecule has 1 atom stereocenters. The van der Waals surface area contributed by atoms with Crippen LogP contribution >= 0.6 is 22.9 Å². The van der Waals surface area contributed by atoms with Gasteiger partial charge < -0.3 is 20.1 Å². The molecule has 50 heavy (non-hydrogen) atoms. The lowest BCUT2D eigenvalue weighted by Gasteiger charge is -2.30. The maximum Gasteiger partial charge on any atom is 0.419 e.